The first kappa shape index (κ1) is 13.9. The van der Waals surface area contributed by atoms with Crippen LogP contribution in [0, 0.1) is 10.8 Å². The number of hydrogen-bond donors (Lipinski definition) is 2. The van der Waals surface area contributed by atoms with Crippen LogP contribution >= 0.6 is 11.6 Å². The fourth-order valence-corrected chi connectivity index (χ4v) is 3.14. The molecular weight excluding hydrogens is 248 g/mol. The van der Waals surface area contributed by atoms with E-state index in [9.17, 15) is 10.2 Å². The summed E-state index contributed by atoms with van der Waals surface area (Å²) in [5, 5.41) is 21.7. The Morgan fingerprint density at radius 3 is 2.06 bits per heavy atom. The van der Waals surface area contributed by atoms with Crippen LogP contribution in [0.5, 0.6) is 0 Å². The van der Waals surface area contributed by atoms with Gasteiger partial charge in [0.25, 0.3) is 0 Å². The molecule has 1 unspecified atom stereocenters. The molecule has 0 radical (unpaired) electrons. The average molecular weight is 269 g/mol. The summed E-state index contributed by atoms with van der Waals surface area (Å²) >= 11 is 5.87. The molecule has 1 aliphatic carbocycles. The van der Waals surface area contributed by atoms with Gasteiger partial charge in [0, 0.05) is 15.9 Å². The Morgan fingerprint density at radius 1 is 1.06 bits per heavy atom. The number of rotatable bonds is 2. The SMILES string of the molecule is CC1(C)CCC(C)(Cc2ccc(Cl)cc2)C1(O)O. The smallest absolute Gasteiger partial charge is 0.173 e. The highest BCUT2D eigenvalue weighted by molar-refractivity contribution is 6.30. The zero-order valence-corrected chi connectivity index (χ0v) is 12.0. The Bertz CT molecular complexity index is 436. The van der Waals surface area contributed by atoms with E-state index in [0.717, 1.165) is 18.4 Å². The van der Waals surface area contributed by atoms with Crippen LogP contribution in [-0.2, 0) is 6.42 Å². The molecule has 1 aromatic rings. The standard InChI is InChI=1S/C15H21ClO2/c1-13(2)8-9-14(3,15(13,17)18)10-11-4-6-12(16)7-5-11/h4-7,17-18H,8-10H2,1-3H3. The summed E-state index contributed by atoms with van der Waals surface area (Å²) in [6, 6.07) is 7.59. The molecule has 2 nitrogen and oxygen atoms in total. The highest BCUT2D eigenvalue weighted by Crippen LogP contribution is 2.56. The van der Waals surface area contributed by atoms with Gasteiger partial charge in [0.05, 0.1) is 0 Å². The van der Waals surface area contributed by atoms with Crippen molar-refractivity contribution in [2.45, 2.75) is 45.8 Å². The molecule has 100 valence electrons. The summed E-state index contributed by atoms with van der Waals surface area (Å²) in [6.07, 6.45) is 2.29. The lowest BCUT2D eigenvalue weighted by Gasteiger charge is -2.42. The van der Waals surface area contributed by atoms with Crippen LogP contribution in [-0.4, -0.2) is 16.0 Å². The molecule has 1 saturated carbocycles. The van der Waals surface area contributed by atoms with Gasteiger partial charge in [-0.15, -0.1) is 0 Å². The Labute approximate surface area is 114 Å². The molecule has 0 saturated heterocycles. The van der Waals surface area contributed by atoms with Crippen molar-refractivity contribution in [2.75, 3.05) is 0 Å². The van der Waals surface area contributed by atoms with Crippen LogP contribution in [0.4, 0.5) is 0 Å². The van der Waals surface area contributed by atoms with Crippen molar-refractivity contribution in [3.63, 3.8) is 0 Å². The van der Waals surface area contributed by atoms with Gasteiger partial charge in [0.15, 0.2) is 5.79 Å². The lowest BCUT2D eigenvalue weighted by atomic mass is 9.72. The maximum atomic E-state index is 10.5. The minimum atomic E-state index is -1.64. The first-order valence-corrected chi connectivity index (χ1v) is 6.75. The van der Waals surface area contributed by atoms with E-state index in [2.05, 4.69) is 0 Å². The Hall–Kier alpha value is -0.570. The molecule has 1 atom stereocenters. The molecule has 0 spiro atoms. The second-order valence-corrected chi connectivity index (χ2v) is 6.86. The fraction of sp³-hybridized carbons (Fsp3) is 0.600. The molecule has 1 aliphatic rings. The number of aliphatic hydroxyl groups is 2. The average Bonchev–Trinajstić information content (AvgIpc) is 2.43. The third-order valence-electron chi connectivity index (χ3n) is 4.59. The summed E-state index contributed by atoms with van der Waals surface area (Å²) in [6.45, 7) is 5.79. The molecule has 2 rings (SSSR count). The zero-order chi connectivity index (χ0) is 13.6. The van der Waals surface area contributed by atoms with Crippen LogP contribution in [0.25, 0.3) is 0 Å². The highest BCUT2D eigenvalue weighted by Gasteiger charge is 2.60. The predicted octanol–water partition coefficient (Wildman–Crippen LogP) is 3.39. The summed E-state index contributed by atoms with van der Waals surface area (Å²) < 4.78 is 0. The number of halogens is 1. The van der Waals surface area contributed by atoms with Gasteiger partial charge in [-0.3, -0.25) is 0 Å². The molecule has 1 fully saturated rings. The molecule has 2 N–H and O–H groups in total. The lowest BCUT2D eigenvalue weighted by Crippen LogP contribution is -2.51. The summed E-state index contributed by atoms with van der Waals surface area (Å²) in [5.41, 5.74) is 0.116. The highest BCUT2D eigenvalue weighted by atomic mass is 35.5. The van der Waals surface area contributed by atoms with Crippen molar-refractivity contribution in [1.29, 1.82) is 0 Å². The molecule has 0 amide bonds. The van der Waals surface area contributed by atoms with Crippen LogP contribution in [0.15, 0.2) is 24.3 Å². The molecule has 0 heterocycles. The van der Waals surface area contributed by atoms with Gasteiger partial charge < -0.3 is 10.2 Å². The minimum Gasteiger partial charge on any atom is -0.365 e. The van der Waals surface area contributed by atoms with Gasteiger partial charge in [0.1, 0.15) is 0 Å². The van der Waals surface area contributed by atoms with E-state index in [-0.39, 0.29) is 0 Å². The molecule has 18 heavy (non-hydrogen) atoms. The van der Waals surface area contributed by atoms with Crippen LogP contribution in [0.3, 0.4) is 0 Å². The van der Waals surface area contributed by atoms with Crippen molar-refractivity contribution < 1.29 is 10.2 Å². The van der Waals surface area contributed by atoms with Crippen molar-refractivity contribution in [2.24, 2.45) is 10.8 Å². The molecule has 0 bridgehead atoms. The van der Waals surface area contributed by atoms with Gasteiger partial charge in [0.2, 0.25) is 0 Å². The minimum absolute atomic E-state index is 0.464. The van der Waals surface area contributed by atoms with E-state index in [1.54, 1.807) is 0 Å². The van der Waals surface area contributed by atoms with Crippen molar-refractivity contribution >= 4 is 11.6 Å². The zero-order valence-electron chi connectivity index (χ0n) is 11.2. The molecular formula is C15H21ClO2. The quantitative estimate of drug-likeness (QED) is 0.807. The van der Waals surface area contributed by atoms with Crippen LogP contribution < -0.4 is 0 Å². The second-order valence-electron chi connectivity index (χ2n) is 6.42. The van der Waals surface area contributed by atoms with Crippen LogP contribution in [0.2, 0.25) is 5.02 Å². The maximum absolute atomic E-state index is 10.5. The lowest BCUT2D eigenvalue weighted by molar-refractivity contribution is -0.271. The number of benzene rings is 1. The van der Waals surface area contributed by atoms with Crippen molar-refractivity contribution in [3.05, 3.63) is 34.9 Å². The number of hydrogen-bond acceptors (Lipinski definition) is 2. The molecule has 1 aromatic carbocycles. The van der Waals surface area contributed by atoms with Crippen molar-refractivity contribution in [1.82, 2.24) is 0 Å². The Morgan fingerprint density at radius 2 is 1.61 bits per heavy atom. The van der Waals surface area contributed by atoms with E-state index < -0.39 is 16.6 Å². The van der Waals surface area contributed by atoms with E-state index in [4.69, 9.17) is 11.6 Å². The molecule has 0 aliphatic heterocycles. The first-order chi connectivity index (χ1) is 8.18. The van der Waals surface area contributed by atoms with Gasteiger partial charge >= 0.3 is 0 Å². The van der Waals surface area contributed by atoms with E-state index in [1.807, 2.05) is 45.0 Å². The molecule has 3 heteroatoms. The summed E-state index contributed by atoms with van der Waals surface area (Å²) in [4.78, 5) is 0. The third kappa shape index (κ3) is 2.07. The van der Waals surface area contributed by atoms with Gasteiger partial charge in [-0.1, -0.05) is 44.5 Å². The predicted molar refractivity (Wildman–Crippen MR) is 73.4 cm³/mol. The van der Waals surface area contributed by atoms with Crippen LogP contribution in [0.1, 0.15) is 39.2 Å². The van der Waals surface area contributed by atoms with E-state index in [0.29, 0.717) is 11.4 Å². The van der Waals surface area contributed by atoms with Gasteiger partial charge in [-0.05, 0) is 37.0 Å². The Balaban J connectivity index is 2.26. The summed E-state index contributed by atoms with van der Waals surface area (Å²) in [7, 11) is 0. The topological polar surface area (TPSA) is 40.5 Å². The maximum Gasteiger partial charge on any atom is 0.173 e. The van der Waals surface area contributed by atoms with Gasteiger partial charge in [-0.25, -0.2) is 0 Å². The summed E-state index contributed by atoms with van der Waals surface area (Å²) in [5.74, 6) is -1.64. The molecule has 0 aromatic heterocycles. The van der Waals surface area contributed by atoms with Crippen molar-refractivity contribution in [3.8, 4) is 0 Å². The normalized spacial score (nSPS) is 29.4. The second kappa shape index (κ2) is 4.22. The van der Waals surface area contributed by atoms with E-state index in [1.165, 1.54) is 0 Å². The Kier molecular flexibility index (Phi) is 3.25. The first-order valence-electron chi connectivity index (χ1n) is 6.37. The third-order valence-corrected chi connectivity index (χ3v) is 4.85. The van der Waals surface area contributed by atoms with E-state index >= 15 is 0 Å². The largest absolute Gasteiger partial charge is 0.365 e. The fourth-order valence-electron chi connectivity index (χ4n) is 3.02. The van der Waals surface area contributed by atoms with Gasteiger partial charge in [-0.2, -0.15) is 0 Å². The monoisotopic (exact) mass is 268 g/mol.